The van der Waals surface area contributed by atoms with Gasteiger partial charge in [0.1, 0.15) is 6.10 Å². The lowest BCUT2D eigenvalue weighted by molar-refractivity contribution is 0.135. The quantitative estimate of drug-likeness (QED) is 0.655. The van der Waals surface area contributed by atoms with Crippen LogP contribution in [-0.4, -0.2) is 31.7 Å². The summed E-state index contributed by atoms with van der Waals surface area (Å²) in [6.07, 6.45) is 5.82. The zero-order chi connectivity index (χ0) is 20.4. The number of ether oxygens (including phenoxy) is 1. The van der Waals surface area contributed by atoms with Gasteiger partial charge in [0.25, 0.3) is 0 Å². The second-order valence-corrected chi connectivity index (χ2v) is 8.25. The van der Waals surface area contributed by atoms with Crippen molar-refractivity contribution in [1.82, 2.24) is 19.6 Å². The lowest BCUT2D eigenvalue weighted by atomic mass is 9.94. The van der Waals surface area contributed by atoms with Crippen molar-refractivity contribution in [1.29, 1.82) is 0 Å². The summed E-state index contributed by atoms with van der Waals surface area (Å²) in [4.78, 5) is 9.38. The van der Waals surface area contributed by atoms with E-state index in [1.807, 2.05) is 24.4 Å². The van der Waals surface area contributed by atoms with Crippen LogP contribution < -0.4 is 15.8 Å². The molecule has 0 aliphatic heterocycles. The Hall–Kier alpha value is -2.67. The lowest BCUT2D eigenvalue weighted by Gasteiger charge is -2.26. The van der Waals surface area contributed by atoms with Crippen molar-refractivity contribution >= 4 is 11.6 Å². The molecule has 1 saturated carbocycles. The molecule has 0 spiro atoms. The van der Waals surface area contributed by atoms with E-state index in [1.165, 1.54) is 5.56 Å². The Morgan fingerprint density at radius 3 is 2.48 bits per heavy atom. The molecule has 3 aromatic rings. The fraction of sp³-hybridized carbons (Fsp3) is 0.500. The predicted octanol–water partition coefficient (Wildman–Crippen LogP) is 4.07. The topological polar surface area (TPSA) is 90.4 Å². The van der Waals surface area contributed by atoms with Gasteiger partial charge in [-0.1, -0.05) is 44.2 Å². The van der Waals surface area contributed by atoms with E-state index in [2.05, 4.69) is 48.3 Å². The van der Waals surface area contributed by atoms with Crippen LogP contribution in [0.5, 0.6) is 6.01 Å². The van der Waals surface area contributed by atoms with Crippen LogP contribution in [0.2, 0.25) is 0 Å². The molecule has 7 heteroatoms. The molecule has 0 radical (unpaired) electrons. The van der Waals surface area contributed by atoms with Crippen molar-refractivity contribution in [2.24, 2.45) is 5.73 Å². The summed E-state index contributed by atoms with van der Waals surface area (Å²) < 4.78 is 7.96. The Balaban J connectivity index is 1.66. The summed E-state index contributed by atoms with van der Waals surface area (Å²) in [7, 11) is 0. The maximum atomic E-state index is 6.18. The smallest absolute Gasteiger partial charge is 0.322 e. The minimum absolute atomic E-state index is 0.0709. The highest BCUT2D eigenvalue weighted by atomic mass is 16.5. The minimum atomic E-state index is 0.0709. The standard InChI is InChI=1S/C22H30N6O/c1-14(2)19-13-24-28-20(19)26-22(29-18-11-9-17(23)10-12-18)27-21(28)25-15(3)16-7-5-4-6-8-16/h4-8,13-15,17-18H,9-12,23H2,1-3H3,(H,25,26,27). The summed E-state index contributed by atoms with van der Waals surface area (Å²) in [5.74, 6) is 0.947. The second kappa shape index (κ2) is 8.37. The molecular formula is C22H30N6O. The van der Waals surface area contributed by atoms with Crippen LogP contribution in [0.25, 0.3) is 5.65 Å². The maximum Gasteiger partial charge on any atom is 0.322 e. The average molecular weight is 395 g/mol. The van der Waals surface area contributed by atoms with E-state index in [-0.39, 0.29) is 18.2 Å². The van der Waals surface area contributed by atoms with Gasteiger partial charge in [0.2, 0.25) is 5.95 Å². The van der Waals surface area contributed by atoms with Crippen molar-refractivity contribution < 1.29 is 4.74 Å². The van der Waals surface area contributed by atoms with Crippen LogP contribution >= 0.6 is 0 Å². The summed E-state index contributed by atoms with van der Waals surface area (Å²) in [5.41, 5.74) is 9.08. The number of nitrogens with zero attached hydrogens (tertiary/aromatic N) is 4. The number of aromatic nitrogens is 4. The van der Waals surface area contributed by atoms with Gasteiger partial charge < -0.3 is 15.8 Å². The van der Waals surface area contributed by atoms with Gasteiger partial charge in [0.15, 0.2) is 5.65 Å². The van der Waals surface area contributed by atoms with E-state index < -0.39 is 0 Å². The third-order valence-corrected chi connectivity index (χ3v) is 5.63. The van der Waals surface area contributed by atoms with E-state index in [9.17, 15) is 0 Å². The van der Waals surface area contributed by atoms with E-state index >= 15 is 0 Å². The Labute approximate surface area is 171 Å². The van der Waals surface area contributed by atoms with Crippen LogP contribution in [0.1, 0.15) is 69.5 Å². The monoisotopic (exact) mass is 394 g/mol. The Morgan fingerprint density at radius 2 is 1.79 bits per heavy atom. The number of benzene rings is 1. The van der Waals surface area contributed by atoms with E-state index in [1.54, 1.807) is 4.52 Å². The first-order valence-corrected chi connectivity index (χ1v) is 10.5. The van der Waals surface area contributed by atoms with E-state index in [0.29, 0.717) is 17.9 Å². The molecule has 1 aliphatic rings. The van der Waals surface area contributed by atoms with Gasteiger partial charge in [-0.2, -0.15) is 19.6 Å². The average Bonchev–Trinajstić information content (AvgIpc) is 3.15. The first-order valence-electron chi connectivity index (χ1n) is 10.5. The molecule has 1 atom stereocenters. The predicted molar refractivity (Wildman–Crippen MR) is 114 cm³/mol. The van der Waals surface area contributed by atoms with Crippen molar-refractivity contribution in [3.05, 3.63) is 47.7 Å². The van der Waals surface area contributed by atoms with Crippen LogP contribution in [0, 0.1) is 0 Å². The molecule has 1 unspecified atom stereocenters. The Bertz CT molecular complexity index is 947. The number of nitrogens with one attached hydrogen (secondary N) is 1. The fourth-order valence-electron chi connectivity index (χ4n) is 3.80. The molecular weight excluding hydrogens is 364 g/mol. The zero-order valence-corrected chi connectivity index (χ0v) is 17.4. The molecule has 1 aromatic carbocycles. The van der Waals surface area contributed by atoms with Gasteiger partial charge in [0.05, 0.1) is 12.2 Å². The highest BCUT2D eigenvalue weighted by molar-refractivity contribution is 5.53. The van der Waals surface area contributed by atoms with Gasteiger partial charge in [-0.25, -0.2) is 0 Å². The molecule has 29 heavy (non-hydrogen) atoms. The van der Waals surface area contributed by atoms with Crippen molar-refractivity contribution in [2.45, 2.75) is 70.6 Å². The minimum Gasteiger partial charge on any atom is -0.460 e. The number of hydrogen-bond acceptors (Lipinski definition) is 6. The van der Waals surface area contributed by atoms with Gasteiger partial charge in [-0.3, -0.25) is 0 Å². The van der Waals surface area contributed by atoms with Crippen LogP contribution in [0.15, 0.2) is 36.5 Å². The largest absolute Gasteiger partial charge is 0.460 e. The number of rotatable bonds is 6. The SMILES string of the molecule is CC(C)c1cnn2c(NC(C)c3ccccc3)nc(OC3CCC(N)CC3)nc12. The van der Waals surface area contributed by atoms with Gasteiger partial charge in [-0.05, 0) is 44.1 Å². The maximum absolute atomic E-state index is 6.18. The first kappa shape index (κ1) is 19.6. The molecule has 0 amide bonds. The number of fused-ring (bicyclic) bond motifs is 1. The molecule has 154 valence electrons. The molecule has 0 saturated heterocycles. The molecule has 1 aliphatic carbocycles. The third kappa shape index (κ3) is 4.34. The normalized spacial score (nSPS) is 20.7. The van der Waals surface area contributed by atoms with Crippen molar-refractivity contribution in [3.63, 3.8) is 0 Å². The molecule has 2 aromatic heterocycles. The first-order chi connectivity index (χ1) is 14.0. The molecule has 2 heterocycles. The molecule has 0 bridgehead atoms. The van der Waals surface area contributed by atoms with Gasteiger partial charge >= 0.3 is 6.01 Å². The van der Waals surface area contributed by atoms with Crippen LogP contribution in [-0.2, 0) is 0 Å². The third-order valence-electron chi connectivity index (χ3n) is 5.63. The van der Waals surface area contributed by atoms with Crippen LogP contribution in [0.4, 0.5) is 5.95 Å². The molecule has 3 N–H and O–H groups in total. The highest BCUT2D eigenvalue weighted by Gasteiger charge is 2.23. The van der Waals surface area contributed by atoms with Crippen LogP contribution in [0.3, 0.4) is 0 Å². The summed E-state index contributed by atoms with van der Waals surface area (Å²) in [5, 5.41) is 8.03. The zero-order valence-electron chi connectivity index (χ0n) is 17.4. The van der Waals surface area contributed by atoms with E-state index in [0.717, 1.165) is 36.9 Å². The van der Waals surface area contributed by atoms with Gasteiger partial charge in [0, 0.05) is 11.6 Å². The summed E-state index contributed by atoms with van der Waals surface area (Å²) >= 11 is 0. The van der Waals surface area contributed by atoms with E-state index in [4.69, 9.17) is 15.5 Å². The molecule has 7 nitrogen and oxygen atoms in total. The summed E-state index contributed by atoms with van der Waals surface area (Å²) in [6.45, 7) is 6.39. The fourth-order valence-corrected chi connectivity index (χ4v) is 3.80. The Morgan fingerprint density at radius 1 is 1.07 bits per heavy atom. The highest BCUT2D eigenvalue weighted by Crippen LogP contribution is 2.27. The number of nitrogens with two attached hydrogens (primary N) is 1. The Kier molecular flexibility index (Phi) is 5.67. The molecule has 4 rings (SSSR count). The lowest BCUT2D eigenvalue weighted by Crippen LogP contribution is -2.32. The number of hydrogen-bond donors (Lipinski definition) is 2. The van der Waals surface area contributed by atoms with Crippen molar-refractivity contribution in [3.8, 4) is 6.01 Å². The van der Waals surface area contributed by atoms with Crippen molar-refractivity contribution in [2.75, 3.05) is 5.32 Å². The second-order valence-electron chi connectivity index (χ2n) is 8.25. The number of anilines is 1. The van der Waals surface area contributed by atoms with Gasteiger partial charge in [-0.15, -0.1) is 0 Å². The molecule has 1 fully saturated rings. The summed E-state index contributed by atoms with van der Waals surface area (Å²) in [6, 6.07) is 11.0.